The molecule has 0 bridgehead atoms. The quantitative estimate of drug-likeness (QED) is 0.908. The minimum atomic E-state index is -0.479. The largest absolute Gasteiger partial charge is 0.389 e. The molecule has 2 aromatic rings. The Balaban J connectivity index is 2.22. The van der Waals surface area contributed by atoms with Crippen molar-refractivity contribution >= 4 is 5.82 Å². The molecule has 0 aromatic carbocycles. The summed E-state index contributed by atoms with van der Waals surface area (Å²) in [6, 6.07) is 9.81. The molecule has 0 saturated carbocycles. The van der Waals surface area contributed by atoms with Gasteiger partial charge in [0.15, 0.2) is 0 Å². The SMILES string of the molecule is CCN(Cc1cccc(C)n1)c1cc([C@@H](C)O)ccn1. The molecule has 4 heteroatoms. The molecule has 2 heterocycles. The lowest BCUT2D eigenvalue weighted by atomic mass is 10.1. The smallest absolute Gasteiger partial charge is 0.129 e. The molecule has 0 fully saturated rings. The molecule has 0 aliphatic heterocycles. The Morgan fingerprint density at radius 3 is 2.75 bits per heavy atom. The maximum absolute atomic E-state index is 9.67. The van der Waals surface area contributed by atoms with Crippen LogP contribution in [0.1, 0.15) is 36.9 Å². The first-order valence-corrected chi connectivity index (χ1v) is 6.91. The van der Waals surface area contributed by atoms with Crippen LogP contribution in [0, 0.1) is 6.92 Å². The van der Waals surface area contributed by atoms with Crippen LogP contribution < -0.4 is 4.90 Å². The minimum absolute atomic E-state index is 0.479. The molecule has 0 saturated heterocycles. The summed E-state index contributed by atoms with van der Waals surface area (Å²) >= 11 is 0. The lowest BCUT2D eigenvalue weighted by molar-refractivity contribution is 0.199. The Morgan fingerprint density at radius 2 is 2.10 bits per heavy atom. The third kappa shape index (κ3) is 3.54. The Morgan fingerprint density at radius 1 is 1.30 bits per heavy atom. The van der Waals surface area contributed by atoms with Crippen LogP contribution in [0.2, 0.25) is 0 Å². The number of hydrogen-bond donors (Lipinski definition) is 1. The van der Waals surface area contributed by atoms with Crippen molar-refractivity contribution in [2.75, 3.05) is 11.4 Å². The van der Waals surface area contributed by atoms with Crippen molar-refractivity contribution in [3.8, 4) is 0 Å². The highest BCUT2D eigenvalue weighted by Crippen LogP contribution is 2.19. The van der Waals surface area contributed by atoms with Crippen LogP contribution in [0.15, 0.2) is 36.5 Å². The zero-order valence-corrected chi connectivity index (χ0v) is 12.2. The maximum Gasteiger partial charge on any atom is 0.129 e. The number of aliphatic hydroxyl groups excluding tert-OH is 1. The highest BCUT2D eigenvalue weighted by Gasteiger charge is 2.10. The van der Waals surface area contributed by atoms with Gasteiger partial charge in [0.05, 0.1) is 18.3 Å². The number of anilines is 1. The second-order valence-electron chi connectivity index (χ2n) is 4.91. The van der Waals surface area contributed by atoms with E-state index in [0.29, 0.717) is 6.54 Å². The predicted molar refractivity (Wildman–Crippen MR) is 80.6 cm³/mol. The predicted octanol–water partition coefficient (Wildman–Crippen LogP) is 2.86. The van der Waals surface area contributed by atoms with E-state index in [-0.39, 0.29) is 0 Å². The number of pyridine rings is 2. The van der Waals surface area contributed by atoms with Crippen molar-refractivity contribution in [2.24, 2.45) is 0 Å². The molecule has 1 N–H and O–H groups in total. The van der Waals surface area contributed by atoms with E-state index in [2.05, 4.69) is 21.8 Å². The third-order valence-corrected chi connectivity index (χ3v) is 3.26. The van der Waals surface area contributed by atoms with Crippen LogP contribution in [0.4, 0.5) is 5.82 Å². The highest BCUT2D eigenvalue weighted by atomic mass is 16.3. The fraction of sp³-hybridized carbons (Fsp3) is 0.375. The summed E-state index contributed by atoms with van der Waals surface area (Å²) in [5.41, 5.74) is 2.92. The summed E-state index contributed by atoms with van der Waals surface area (Å²) in [7, 11) is 0. The first-order valence-electron chi connectivity index (χ1n) is 6.91. The van der Waals surface area contributed by atoms with Crippen molar-refractivity contribution < 1.29 is 5.11 Å². The van der Waals surface area contributed by atoms with Crippen LogP contribution in [0.3, 0.4) is 0 Å². The van der Waals surface area contributed by atoms with Crippen LogP contribution in [0.25, 0.3) is 0 Å². The molecule has 1 atom stereocenters. The monoisotopic (exact) mass is 271 g/mol. The van der Waals surface area contributed by atoms with Gasteiger partial charge in [-0.05, 0) is 50.6 Å². The van der Waals surface area contributed by atoms with E-state index >= 15 is 0 Å². The van der Waals surface area contributed by atoms with Gasteiger partial charge in [-0.1, -0.05) is 6.07 Å². The van der Waals surface area contributed by atoms with Crippen molar-refractivity contribution in [3.63, 3.8) is 0 Å². The van der Waals surface area contributed by atoms with E-state index in [4.69, 9.17) is 0 Å². The Bertz CT molecular complexity index is 569. The van der Waals surface area contributed by atoms with Gasteiger partial charge >= 0.3 is 0 Å². The summed E-state index contributed by atoms with van der Waals surface area (Å²) in [5, 5.41) is 9.67. The van der Waals surface area contributed by atoms with Crippen LogP contribution in [-0.4, -0.2) is 21.6 Å². The van der Waals surface area contributed by atoms with Crippen LogP contribution in [-0.2, 0) is 6.54 Å². The molecule has 106 valence electrons. The number of hydrogen-bond acceptors (Lipinski definition) is 4. The number of aryl methyl sites for hydroxylation is 1. The van der Waals surface area contributed by atoms with Gasteiger partial charge < -0.3 is 10.0 Å². The minimum Gasteiger partial charge on any atom is -0.389 e. The normalized spacial score (nSPS) is 12.2. The molecule has 0 amide bonds. The molecule has 0 aliphatic carbocycles. The average molecular weight is 271 g/mol. The van der Waals surface area contributed by atoms with Gasteiger partial charge in [0.2, 0.25) is 0 Å². The molecule has 4 nitrogen and oxygen atoms in total. The maximum atomic E-state index is 9.67. The summed E-state index contributed by atoms with van der Waals surface area (Å²) in [4.78, 5) is 11.1. The van der Waals surface area contributed by atoms with Gasteiger partial charge in [0.25, 0.3) is 0 Å². The molecule has 2 aromatic heterocycles. The zero-order chi connectivity index (χ0) is 14.5. The molecule has 0 unspecified atom stereocenters. The van der Waals surface area contributed by atoms with E-state index < -0.39 is 6.10 Å². The average Bonchev–Trinajstić information content (AvgIpc) is 2.45. The molecule has 0 aliphatic rings. The summed E-state index contributed by atoms with van der Waals surface area (Å²) < 4.78 is 0. The highest BCUT2D eigenvalue weighted by molar-refractivity contribution is 5.41. The summed E-state index contributed by atoms with van der Waals surface area (Å²) in [6.07, 6.45) is 1.26. The Labute approximate surface area is 120 Å². The molecular weight excluding hydrogens is 250 g/mol. The Hall–Kier alpha value is -1.94. The number of rotatable bonds is 5. The van der Waals surface area contributed by atoms with Crippen molar-refractivity contribution in [1.29, 1.82) is 0 Å². The van der Waals surface area contributed by atoms with Crippen molar-refractivity contribution in [3.05, 3.63) is 53.5 Å². The van der Waals surface area contributed by atoms with Crippen LogP contribution >= 0.6 is 0 Å². The topological polar surface area (TPSA) is 49.2 Å². The molecule has 0 radical (unpaired) electrons. The molecule has 20 heavy (non-hydrogen) atoms. The molecule has 0 spiro atoms. The first kappa shape index (κ1) is 14.5. The van der Waals surface area contributed by atoms with Crippen LogP contribution in [0.5, 0.6) is 0 Å². The van der Waals surface area contributed by atoms with E-state index in [1.807, 2.05) is 37.3 Å². The van der Waals surface area contributed by atoms with Crippen molar-refractivity contribution in [1.82, 2.24) is 9.97 Å². The summed E-state index contributed by atoms with van der Waals surface area (Å²) in [5.74, 6) is 0.870. The van der Waals surface area contributed by atoms with Gasteiger partial charge in [-0.25, -0.2) is 4.98 Å². The van der Waals surface area contributed by atoms with E-state index in [1.165, 1.54) is 0 Å². The molecule has 2 rings (SSSR count). The van der Waals surface area contributed by atoms with Gasteiger partial charge in [0, 0.05) is 18.4 Å². The zero-order valence-electron chi connectivity index (χ0n) is 12.2. The van der Waals surface area contributed by atoms with Crippen molar-refractivity contribution in [2.45, 2.75) is 33.4 Å². The Kier molecular flexibility index (Phi) is 4.69. The van der Waals surface area contributed by atoms with Gasteiger partial charge in [0.1, 0.15) is 5.82 Å². The van der Waals surface area contributed by atoms with Gasteiger partial charge in [-0.3, -0.25) is 4.98 Å². The van der Waals surface area contributed by atoms with E-state index in [0.717, 1.165) is 29.3 Å². The second-order valence-corrected chi connectivity index (χ2v) is 4.91. The number of aromatic nitrogens is 2. The fourth-order valence-corrected chi connectivity index (χ4v) is 2.10. The standard InChI is InChI=1S/C16H21N3O/c1-4-19(11-15-7-5-6-12(2)18-15)16-10-14(13(3)20)8-9-17-16/h5-10,13,20H,4,11H2,1-3H3/t13-/m1/s1. The van der Waals surface area contributed by atoms with Gasteiger partial charge in [-0.15, -0.1) is 0 Å². The second kappa shape index (κ2) is 6.48. The fourth-order valence-electron chi connectivity index (χ4n) is 2.10. The lowest BCUT2D eigenvalue weighted by Gasteiger charge is -2.22. The number of aliphatic hydroxyl groups is 1. The molecular formula is C16H21N3O. The summed E-state index contributed by atoms with van der Waals surface area (Å²) in [6.45, 7) is 7.40. The van der Waals surface area contributed by atoms with E-state index in [9.17, 15) is 5.11 Å². The van der Waals surface area contributed by atoms with E-state index in [1.54, 1.807) is 13.1 Å². The lowest BCUT2D eigenvalue weighted by Crippen LogP contribution is -2.24. The van der Waals surface area contributed by atoms with Gasteiger partial charge in [-0.2, -0.15) is 0 Å². The number of nitrogens with zero attached hydrogens (tertiary/aromatic N) is 3. The first-order chi connectivity index (χ1) is 9.60. The third-order valence-electron chi connectivity index (χ3n) is 3.26.